The third-order valence-electron chi connectivity index (χ3n) is 19.8. The molecule has 16 fully saturated rings. The molecule has 0 amide bonds. The summed E-state index contributed by atoms with van der Waals surface area (Å²) in [5.41, 5.74) is 0. The summed E-state index contributed by atoms with van der Waals surface area (Å²) in [7, 11) is 0.571. The van der Waals surface area contributed by atoms with Gasteiger partial charge in [0, 0.05) is 0 Å². The summed E-state index contributed by atoms with van der Waals surface area (Å²) >= 11 is 0. The first kappa shape index (κ1) is 36.8. The van der Waals surface area contributed by atoms with E-state index in [1.54, 1.807) is 179 Å². The van der Waals surface area contributed by atoms with Crippen molar-refractivity contribution in [1.82, 2.24) is 0 Å². The molecule has 0 aromatic heterocycles. The standard InChI is InChI=1S/2C24H39P.Pd/c2*1-2-3-4-25(23-11-17-5-18(12-23)7-19(6-17)13-23)24-14-20-8-21(15-24)10-22(9-20)16-24;/h2*17-22H,2-16H2,1H3;/q;;+2. The summed E-state index contributed by atoms with van der Waals surface area (Å²) in [6, 6.07) is 0. The van der Waals surface area contributed by atoms with Crippen molar-refractivity contribution in [2.75, 3.05) is 12.3 Å². The summed E-state index contributed by atoms with van der Waals surface area (Å²) < 4.78 is 0. The van der Waals surface area contributed by atoms with Gasteiger partial charge in [0.2, 0.25) is 0 Å². The van der Waals surface area contributed by atoms with Gasteiger partial charge in [-0.05, 0) is 271 Å². The molecule has 0 N–H and O–H groups in total. The second-order valence-electron chi connectivity index (χ2n) is 23.6. The van der Waals surface area contributed by atoms with Crippen LogP contribution in [0.25, 0.3) is 0 Å². The van der Waals surface area contributed by atoms with E-state index < -0.39 is 0 Å². The fraction of sp³-hybridized carbons (Fsp3) is 1.00. The third kappa shape index (κ3) is 6.31. The molecule has 0 nitrogen and oxygen atoms in total. The van der Waals surface area contributed by atoms with E-state index in [1.807, 2.05) is 0 Å². The Labute approximate surface area is 332 Å². The molecule has 16 saturated carbocycles. The van der Waals surface area contributed by atoms with E-state index in [9.17, 15) is 0 Å². The van der Waals surface area contributed by atoms with E-state index in [0.717, 1.165) is 91.6 Å². The van der Waals surface area contributed by atoms with Crippen LogP contribution in [0.1, 0.15) is 194 Å². The number of rotatable bonds is 10. The molecule has 0 aromatic carbocycles. The largest absolute Gasteiger partial charge is 2.00 e. The SMILES string of the molecule is CCCCP(C12CC3CC(CC(C3)C1)C2)C12CC3CC(CC(C3)C1)C2.CCCCP(C12CC3CC(CC(C3)C1)C2)C12CC3CC(CC(C3)C1)C2.[Pd+2]. The maximum atomic E-state index is 2.45. The van der Waals surface area contributed by atoms with E-state index in [1.165, 1.54) is 12.8 Å². The minimum absolute atomic E-state index is 0. The van der Waals surface area contributed by atoms with E-state index >= 15 is 0 Å². The van der Waals surface area contributed by atoms with Gasteiger partial charge in [0.1, 0.15) is 0 Å². The van der Waals surface area contributed by atoms with Crippen LogP contribution in [0.2, 0.25) is 0 Å². The molecule has 288 valence electrons. The maximum Gasteiger partial charge on any atom is 2.00 e. The minimum Gasteiger partial charge on any atom is -0.0939 e. The van der Waals surface area contributed by atoms with Crippen molar-refractivity contribution in [3.8, 4) is 0 Å². The zero-order valence-electron chi connectivity index (χ0n) is 33.4. The smallest absolute Gasteiger partial charge is 0.0939 e. The third-order valence-corrected chi connectivity index (χ3v) is 28.1. The molecule has 16 aliphatic carbocycles. The molecular formula is C48H78P2Pd+2. The van der Waals surface area contributed by atoms with E-state index in [-0.39, 0.29) is 36.3 Å². The molecule has 16 aliphatic rings. The Kier molecular flexibility index (Phi) is 9.99. The molecule has 0 atom stereocenters. The van der Waals surface area contributed by atoms with Crippen LogP contribution in [0.5, 0.6) is 0 Å². The van der Waals surface area contributed by atoms with Gasteiger partial charge in [0.25, 0.3) is 0 Å². The first-order valence-corrected chi connectivity index (χ1v) is 26.9. The van der Waals surface area contributed by atoms with Gasteiger partial charge in [-0.1, -0.05) is 42.5 Å². The van der Waals surface area contributed by atoms with Crippen LogP contribution in [0.3, 0.4) is 0 Å². The summed E-state index contributed by atoms with van der Waals surface area (Å²) in [5, 5.41) is 3.52. The number of hydrogen-bond donors (Lipinski definition) is 0. The quantitative estimate of drug-likeness (QED) is 0.152. The molecule has 0 unspecified atom stereocenters. The van der Waals surface area contributed by atoms with E-state index in [4.69, 9.17) is 0 Å². The van der Waals surface area contributed by atoms with Crippen molar-refractivity contribution < 1.29 is 20.4 Å². The van der Waals surface area contributed by atoms with Crippen LogP contribution < -0.4 is 0 Å². The molecule has 0 spiro atoms. The van der Waals surface area contributed by atoms with Crippen LogP contribution in [-0.2, 0) is 20.4 Å². The topological polar surface area (TPSA) is 0 Å². The van der Waals surface area contributed by atoms with Crippen molar-refractivity contribution in [2.45, 2.75) is 214 Å². The Morgan fingerprint density at radius 3 is 0.608 bits per heavy atom. The van der Waals surface area contributed by atoms with Gasteiger partial charge in [0.05, 0.1) is 0 Å². The second-order valence-corrected chi connectivity index (χ2v) is 30.0. The molecule has 0 heterocycles. The van der Waals surface area contributed by atoms with Crippen molar-refractivity contribution in [3.05, 3.63) is 0 Å². The van der Waals surface area contributed by atoms with E-state index in [2.05, 4.69) is 13.8 Å². The molecule has 0 saturated heterocycles. The Bertz CT molecular complexity index is 942. The zero-order valence-corrected chi connectivity index (χ0v) is 36.7. The van der Waals surface area contributed by atoms with Crippen LogP contribution >= 0.6 is 15.8 Å². The van der Waals surface area contributed by atoms with Crippen LogP contribution in [0.15, 0.2) is 0 Å². The van der Waals surface area contributed by atoms with Gasteiger partial charge in [-0.15, -0.1) is 0 Å². The first-order chi connectivity index (χ1) is 24.3. The fourth-order valence-electron chi connectivity index (χ4n) is 20.2. The summed E-state index contributed by atoms with van der Waals surface area (Å²) in [6.07, 6.45) is 49.2. The van der Waals surface area contributed by atoms with Gasteiger partial charge < -0.3 is 0 Å². The average Bonchev–Trinajstić information content (AvgIpc) is 3.03. The second kappa shape index (κ2) is 13.8. The monoisotopic (exact) mass is 822 g/mol. The summed E-state index contributed by atoms with van der Waals surface area (Å²) in [6.45, 7) is 4.90. The molecule has 16 bridgehead atoms. The van der Waals surface area contributed by atoms with Crippen LogP contribution in [-0.4, -0.2) is 32.9 Å². The zero-order chi connectivity index (χ0) is 33.3. The number of unbranched alkanes of at least 4 members (excludes halogenated alkanes) is 2. The normalized spacial score (nSPS) is 55.4. The van der Waals surface area contributed by atoms with Crippen molar-refractivity contribution in [3.63, 3.8) is 0 Å². The van der Waals surface area contributed by atoms with Gasteiger partial charge in [-0.25, -0.2) is 0 Å². The molecule has 3 heteroatoms. The number of hydrogen-bond acceptors (Lipinski definition) is 0. The van der Waals surface area contributed by atoms with Crippen molar-refractivity contribution >= 4 is 15.8 Å². The molecule has 0 aliphatic heterocycles. The Balaban J connectivity index is 0.000000126. The summed E-state index contributed by atoms with van der Waals surface area (Å²) in [4.78, 5) is 0. The minimum atomic E-state index is 0. The fourth-order valence-corrected chi connectivity index (χ4v) is 31.1. The van der Waals surface area contributed by atoms with Gasteiger partial charge in [-0.3, -0.25) is 0 Å². The molecule has 51 heavy (non-hydrogen) atoms. The Morgan fingerprint density at radius 2 is 0.471 bits per heavy atom. The van der Waals surface area contributed by atoms with Gasteiger partial charge >= 0.3 is 20.4 Å². The first-order valence-electron chi connectivity index (χ1n) is 23.9. The van der Waals surface area contributed by atoms with Crippen LogP contribution in [0, 0.1) is 71.0 Å². The maximum absolute atomic E-state index is 2.45. The van der Waals surface area contributed by atoms with Crippen molar-refractivity contribution in [2.24, 2.45) is 71.0 Å². The molecule has 0 radical (unpaired) electrons. The van der Waals surface area contributed by atoms with Crippen LogP contribution in [0.4, 0.5) is 0 Å². The van der Waals surface area contributed by atoms with Gasteiger partial charge in [-0.2, -0.15) is 0 Å². The van der Waals surface area contributed by atoms with E-state index in [0.29, 0.717) is 0 Å². The molecule has 0 aromatic rings. The Morgan fingerprint density at radius 1 is 0.314 bits per heavy atom. The Hall–Kier alpha value is 1.52. The molecular weight excluding hydrogens is 745 g/mol. The summed E-state index contributed by atoms with van der Waals surface area (Å²) in [5.74, 6) is 13.9. The molecule has 16 rings (SSSR count). The van der Waals surface area contributed by atoms with Gasteiger partial charge in [0.15, 0.2) is 0 Å². The predicted molar refractivity (Wildman–Crippen MR) is 217 cm³/mol. The predicted octanol–water partition coefficient (Wildman–Crippen LogP) is 14.4. The van der Waals surface area contributed by atoms with Crippen molar-refractivity contribution in [1.29, 1.82) is 0 Å². The average molecular weight is 824 g/mol.